The van der Waals surface area contributed by atoms with Crippen LogP contribution in [0.4, 0.5) is 5.69 Å². The normalized spacial score (nSPS) is 10.3. The van der Waals surface area contributed by atoms with Crippen molar-refractivity contribution in [1.82, 2.24) is 0 Å². The van der Waals surface area contributed by atoms with Gasteiger partial charge in [-0.15, -0.1) is 0 Å². The van der Waals surface area contributed by atoms with Gasteiger partial charge in [-0.1, -0.05) is 23.2 Å². The van der Waals surface area contributed by atoms with Gasteiger partial charge in [0.2, 0.25) is 0 Å². The van der Waals surface area contributed by atoms with Gasteiger partial charge in [0.25, 0.3) is 5.91 Å². The molecule has 0 atom stereocenters. The van der Waals surface area contributed by atoms with Crippen LogP contribution in [0.1, 0.15) is 10.4 Å². The number of nitrogens with one attached hydrogen (secondary N) is 1. The summed E-state index contributed by atoms with van der Waals surface area (Å²) >= 11 is 15.0. The number of rotatable bonds is 2. The molecule has 0 aliphatic carbocycles. The standard InChI is InChI=1S/C13H8BrCl2NO2/c14-10-5-7(1-3-12(10)16)17-13(19)9-6-8(18)2-4-11(9)15/h1-6,18H,(H,17,19). The number of carbonyl (C=O) groups excluding carboxylic acids is 1. The smallest absolute Gasteiger partial charge is 0.257 e. The van der Waals surface area contributed by atoms with Gasteiger partial charge >= 0.3 is 0 Å². The van der Waals surface area contributed by atoms with E-state index >= 15 is 0 Å². The summed E-state index contributed by atoms with van der Waals surface area (Å²) in [5.74, 6) is -0.429. The fourth-order valence-electron chi connectivity index (χ4n) is 1.46. The van der Waals surface area contributed by atoms with Gasteiger partial charge in [0.05, 0.1) is 15.6 Å². The maximum absolute atomic E-state index is 12.0. The molecule has 0 aromatic heterocycles. The summed E-state index contributed by atoms with van der Waals surface area (Å²) in [6.07, 6.45) is 0. The molecule has 1 amide bonds. The molecule has 2 rings (SSSR count). The monoisotopic (exact) mass is 359 g/mol. The third-order valence-electron chi connectivity index (χ3n) is 2.37. The highest BCUT2D eigenvalue weighted by Crippen LogP contribution is 2.27. The molecule has 3 nitrogen and oxygen atoms in total. The molecule has 19 heavy (non-hydrogen) atoms. The van der Waals surface area contributed by atoms with Crippen LogP contribution in [0, 0.1) is 0 Å². The molecule has 2 aromatic carbocycles. The van der Waals surface area contributed by atoms with E-state index in [0.717, 1.165) is 0 Å². The average Bonchev–Trinajstić information content (AvgIpc) is 2.36. The maximum atomic E-state index is 12.0. The number of aromatic hydroxyl groups is 1. The molecule has 2 aromatic rings. The lowest BCUT2D eigenvalue weighted by atomic mass is 10.2. The van der Waals surface area contributed by atoms with E-state index in [-0.39, 0.29) is 16.3 Å². The van der Waals surface area contributed by atoms with Crippen molar-refractivity contribution < 1.29 is 9.90 Å². The second-order valence-electron chi connectivity index (χ2n) is 3.75. The minimum Gasteiger partial charge on any atom is -0.508 e. The van der Waals surface area contributed by atoms with E-state index < -0.39 is 5.91 Å². The Kier molecular flexibility index (Phi) is 4.34. The summed E-state index contributed by atoms with van der Waals surface area (Å²) in [6, 6.07) is 9.19. The lowest BCUT2D eigenvalue weighted by molar-refractivity contribution is 0.102. The molecule has 0 radical (unpaired) electrons. The predicted molar refractivity (Wildman–Crippen MR) is 80.2 cm³/mol. The first-order valence-corrected chi connectivity index (χ1v) is 6.77. The van der Waals surface area contributed by atoms with Crippen molar-refractivity contribution in [2.45, 2.75) is 0 Å². The third-order valence-corrected chi connectivity index (χ3v) is 3.92. The largest absolute Gasteiger partial charge is 0.508 e. The van der Waals surface area contributed by atoms with Crippen LogP contribution in [0.15, 0.2) is 40.9 Å². The number of hydrogen-bond acceptors (Lipinski definition) is 2. The van der Waals surface area contributed by atoms with Crippen LogP contribution in [0.25, 0.3) is 0 Å². The van der Waals surface area contributed by atoms with Gasteiger partial charge in [-0.25, -0.2) is 0 Å². The van der Waals surface area contributed by atoms with Gasteiger partial charge in [0, 0.05) is 10.2 Å². The van der Waals surface area contributed by atoms with Crippen molar-refractivity contribution in [3.8, 4) is 5.75 Å². The van der Waals surface area contributed by atoms with Gasteiger partial charge in [-0.3, -0.25) is 4.79 Å². The minimum atomic E-state index is -0.407. The highest BCUT2D eigenvalue weighted by molar-refractivity contribution is 9.10. The molecule has 0 heterocycles. The maximum Gasteiger partial charge on any atom is 0.257 e. The molecule has 0 saturated carbocycles. The number of hydrogen-bond donors (Lipinski definition) is 2. The number of carbonyl (C=O) groups is 1. The van der Waals surface area contributed by atoms with E-state index in [9.17, 15) is 9.90 Å². The van der Waals surface area contributed by atoms with Crippen molar-refractivity contribution in [3.05, 3.63) is 56.5 Å². The van der Waals surface area contributed by atoms with Crippen LogP contribution in [0.2, 0.25) is 10.0 Å². The van der Waals surface area contributed by atoms with E-state index in [1.165, 1.54) is 18.2 Å². The molecule has 0 fully saturated rings. The van der Waals surface area contributed by atoms with E-state index in [2.05, 4.69) is 21.2 Å². The fraction of sp³-hybridized carbons (Fsp3) is 0. The molecule has 0 bridgehead atoms. The lowest BCUT2D eigenvalue weighted by Crippen LogP contribution is -2.12. The molecular weight excluding hydrogens is 353 g/mol. The summed E-state index contributed by atoms with van der Waals surface area (Å²) in [5.41, 5.74) is 0.772. The van der Waals surface area contributed by atoms with Crippen LogP contribution >= 0.6 is 39.1 Å². The van der Waals surface area contributed by atoms with Gasteiger partial charge in [-0.2, -0.15) is 0 Å². The summed E-state index contributed by atoms with van der Waals surface area (Å²) in [5, 5.41) is 12.9. The van der Waals surface area contributed by atoms with E-state index in [0.29, 0.717) is 15.2 Å². The highest BCUT2D eigenvalue weighted by atomic mass is 79.9. The number of anilines is 1. The molecule has 0 saturated heterocycles. The van der Waals surface area contributed by atoms with Crippen LogP contribution in [-0.2, 0) is 0 Å². The summed E-state index contributed by atoms with van der Waals surface area (Å²) in [4.78, 5) is 12.0. The highest BCUT2D eigenvalue weighted by Gasteiger charge is 2.12. The predicted octanol–water partition coefficient (Wildman–Crippen LogP) is 4.71. The van der Waals surface area contributed by atoms with Crippen molar-refractivity contribution in [3.63, 3.8) is 0 Å². The number of amides is 1. The molecule has 0 aliphatic heterocycles. The number of halogens is 3. The third kappa shape index (κ3) is 3.41. The average molecular weight is 361 g/mol. The molecule has 0 aliphatic rings. The zero-order valence-electron chi connectivity index (χ0n) is 9.45. The quantitative estimate of drug-likeness (QED) is 0.814. The minimum absolute atomic E-state index is 0.0214. The Labute approximate surface area is 128 Å². The van der Waals surface area contributed by atoms with Crippen LogP contribution in [0.5, 0.6) is 5.75 Å². The Hall–Kier alpha value is -1.23. The van der Waals surface area contributed by atoms with Gasteiger partial charge in [0.1, 0.15) is 5.75 Å². The zero-order valence-corrected chi connectivity index (χ0v) is 12.6. The van der Waals surface area contributed by atoms with Gasteiger partial charge in [0.15, 0.2) is 0 Å². The molecule has 98 valence electrons. The second-order valence-corrected chi connectivity index (χ2v) is 5.42. The van der Waals surface area contributed by atoms with Crippen molar-refractivity contribution >= 4 is 50.7 Å². The van der Waals surface area contributed by atoms with Crippen molar-refractivity contribution in [2.24, 2.45) is 0 Å². The molecule has 0 spiro atoms. The Morgan fingerprint density at radius 1 is 1.11 bits per heavy atom. The Balaban J connectivity index is 2.25. The van der Waals surface area contributed by atoms with Crippen molar-refractivity contribution in [1.29, 1.82) is 0 Å². The Bertz CT molecular complexity index is 647. The fourth-order valence-corrected chi connectivity index (χ4v) is 2.16. The summed E-state index contributed by atoms with van der Waals surface area (Å²) < 4.78 is 0.675. The Morgan fingerprint density at radius 2 is 1.79 bits per heavy atom. The molecule has 0 unspecified atom stereocenters. The van der Waals surface area contributed by atoms with E-state index in [1.807, 2.05) is 0 Å². The van der Waals surface area contributed by atoms with Gasteiger partial charge < -0.3 is 10.4 Å². The van der Waals surface area contributed by atoms with E-state index in [1.54, 1.807) is 18.2 Å². The topological polar surface area (TPSA) is 49.3 Å². The van der Waals surface area contributed by atoms with Gasteiger partial charge in [-0.05, 0) is 52.3 Å². The van der Waals surface area contributed by atoms with Crippen LogP contribution in [0.3, 0.4) is 0 Å². The van der Waals surface area contributed by atoms with Crippen LogP contribution < -0.4 is 5.32 Å². The van der Waals surface area contributed by atoms with E-state index in [4.69, 9.17) is 23.2 Å². The second kappa shape index (κ2) is 5.82. The first kappa shape index (κ1) is 14.2. The first-order valence-electron chi connectivity index (χ1n) is 5.22. The lowest BCUT2D eigenvalue weighted by Gasteiger charge is -2.08. The molecule has 2 N–H and O–H groups in total. The van der Waals surface area contributed by atoms with Crippen LogP contribution in [-0.4, -0.2) is 11.0 Å². The Morgan fingerprint density at radius 3 is 2.47 bits per heavy atom. The molecular formula is C13H8BrCl2NO2. The zero-order chi connectivity index (χ0) is 14.0. The SMILES string of the molecule is O=C(Nc1ccc(Cl)c(Br)c1)c1cc(O)ccc1Cl. The number of benzene rings is 2. The molecule has 6 heteroatoms. The summed E-state index contributed by atoms with van der Waals surface area (Å²) in [7, 11) is 0. The summed E-state index contributed by atoms with van der Waals surface area (Å²) in [6.45, 7) is 0. The number of phenolic OH excluding ortho intramolecular Hbond substituents is 1. The number of phenols is 1. The first-order chi connectivity index (χ1) is 8.97. The van der Waals surface area contributed by atoms with Crippen molar-refractivity contribution in [2.75, 3.05) is 5.32 Å².